The van der Waals surface area contributed by atoms with Gasteiger partial charge in [0, 0.05) is 0 Å². The molecule has 0 spiro atoms. The van der Waals surface area contributed by atoms with Gasteiger partial charge in [-0.1, -0.05) is 34.7 Å². The lowest BCUT2D eigenvalue weighted by atomic mass is 9.80. The predicted molar refractivity (Wildman–Crippen MR) is 45.1 cm³/mol. The molecule has 0 saturated carbocycles. The second-order valence-electron chi connectivity index (χ2n) is 2.34. The van der Waals surface area contributed by atoms with Gasteiger partial charge in [-0.3, -0.25) is 0 Å². The molecule has 0 aliphatic heterocycles. The highest BCUT2D eigenvalue weighted by Gasteiger charge is 2.30. The third kappa shape index (κ3) is 2.09. The maximum Gasteiger partial charge on any atom is 0.512 e. The molecule has 0 nitrogen and oxygen atoms in total. The monoisotopic (exact) mass is 231 g/mol. The molecule has 0 fully saturated rings. The molecular weight excluding hydrogens is 230 g/mol. The predicted octanol–water partition coefficient (Wildman–Crippen LogP) is 3.19. The fraction of sp³-hybridized carbons (Fsp3) is 0. The lowest BCUT2D eigenvalue weighted by Gasteiger charge is -2.16. The first kappa shape index (κ1) is 10.7. The van der Waals surface area contributed by atoms with Gasteiger partial charge < -0.3 is 12.9 Å². The van der Waals surface area contributed by atoms with E-state index in [4.69, 9.17) is 23.2 Å². The minimum Gasteiger partial charge on any atom is -0.445 e. The van der Waals surface area contributed by atoms with Crippen LogP contribution < -0.4 is 5.46 Å². The maximum absolute atomic E-state index is 12.8. The SMILES string of the molecule is Fc1c([B-](F)(F)F)ccc(Cl)c1Cl. The number of benzene rings is 1. The second kappa shape index (κ2) is 3.38. The van der Waals surface area contributed by atoms with E-state index in [-0.39, 0.29) is 5.02 Å². The van der Waals surface area contributed by atoms with Crippen molar-refractivity contribution in [3.8, 4) is 0 Å². The molecular formula is C6H2BCl2F4-. The van der Waals surface area contributed by atoms with Gasteiger partial charge in [-0.2, -0.15) is 0 Å². The smallest absolute Gasteiger partial charge is 0.445 e. The highest BCUT2D eigenvalue weighted by atomic mass is 35.5. The standard InChI is InChI=1S/C6H2BCl2F4/c8-4-2-1-3(7(11,12)13)6(10)5(4)9/h1-2H/q-1. The number of rotatable bonds is 1. The third-order valence-corrected chi connectivity index (χ3v) is 2.20. The van der Waals surface area contributed by atoms with Gasteiger partial charge in [0.2, 0.25) is 0 Å². The van der Waals surface area contributed by atoms with Gasteiger partial charge in [0.15, 0.2) is 0 Å². The summed E-state index contributed by atoms with van der Waals surface area (Å²) in [4.78, 5) is 0. The van der Waals surface area contributed by atoms with Gasteiger partial charge in [0.05, 0.1) is 10.0 Å². The van der Waals surface area contributed by atoms with Crippen molar-refractivity contribution in [2.24, 2.45) is 0 Å². The van der Waals surface area contributed by atoms with E-state index in [1.54, 1.807) is 0 Å². The summed E-state index contributed by atoms with van der Waals surface area (Å²) in [6.07, 6.45) is 0. The average Bonchev–Trinajstić information content (AvgIpc) is 1.98. The molecule has 72 valence electrons. The molecule has 0 unspecified atom stereocenters. The van der Waals surface area contributed by atoms with Crippen LogP contribution in [0.5, 0.6) is 0 Å². The Hall–Kier alpha value is -0.415. The van der Waals surface area contributed by atoms with Crippen molar-refractivity contribution in [3.05, 3.63) is 28.0 Å². The summed E-state index contributed by atoms with van der Waals surface area (Å²) >= 11 is 10.5. The maximum atomic E-state index is 12.8. The molecule has 0 radical (unpaired) electrons. The van der Waals surface area contributed by atoms with Gasteiger partial charge in [0.1, 0.15) is 5.82 Å². The number of hydrogen-bond donors (Lipinski definition) is 0. The van der Waals surface area contributed by atoms with Crippen LogP contribution in [0.25, 0.3) is 0 Å². The fourth-order valence-corrected chi connectivity index (χ4v) is 1.11. The summed E-state index contributed by atoms with van der Waals surface area (Å²) in [5.41, 5.74) is -1.35. The van der Waals surface area contributed by atoms with E-state index < -0.39 is 23.3 Å². The number of hydrogen-bond acceptors (Lipinski definition) is 0. The quantitative estimate of drug-likeness (QED) is 0.396. The summed E-state index contributed by atoms with van der Waals surface area (Å²) in [5.74, 6) is -1.51. The van der Waals surface area contributed by atoms with E-state index in [2.05, 4.69) is 0 Å². The highest BCUT2D eigenvalue weighted by molar-refractivity contribution is 6.74. The van der Waals surface area contributed by atoms with E-state index in [1.807, 2.05) is 0 Å². The van der Waals surface area contributed by atoms with E-state index in [0.717, 1.165) is 6.07 Å². The summed E-state index contributed by atoms with van der Waals surface area (Å²) in [7, 11) is 0. The molecule has 0 heterocycles. The minimum atomic E-state index is -5.38. The number of halogens is 6. The van der Waals surface area contributed by atoms with Gasteiger partial charge in [0.25, 0.3) is 0 Å². The van der Waals surface area contributed by atoms with Crippen molar-refractivity contribution in [2.75, 3.05) is 0 Å². The molecule has 0 aliphatic rings. The lowest BCUT2D eigenvalue weighted by Crippen LogP contribution is -2.36. The molecule has 0 aliphatic carbocycles. The molecule has 1 aromatic rings. The minimum absolute atomic E-state index is 0.233. The molecule has 0 N–H and O–H groups in total. The van der Waals surface area contributed by atoms with E-state index >= 15 is 0 Å². The molecule has 0 bridgehead atoms. The Bertz CT molecular complexity index is 336. The molecule has 1 aromatic carbocycles. The zero-order valence-corrected chi connectivity index (χ0v) is 7.51. The molecule has 0 aromatic heterocycles. The molecule has 7 heteroatoms. The zero-order valence-electron chi connectivity index (χ0n) is 6.00. The Labute approximate surface area is 81.5 Å². The average molecular weight is 232 g/mol. The first-order chi connectivity index (χ1) is 5.84. The van der Waals surface area contributed by atoms with E-state index in [0.29, 0.717) is 6.07 Å². The Morgan fingerprint density at radius 1 is 1.08 bits per heavy atom. The van der Waals surface area contributed by atoms with Crippen LogP contribution in [0.3, 0.4) is 0 Å². The van der Waals surface area contributed by atoms with Crippen molar-refractivity contribution in [1.29, 1.82) is 0 Å². The second-order valence-corrected chi connectivity index (χ2v) is 3.12. The van der Waals surface area contributed by atoms with E-state index in [1.165, 1.54) is 0 Å². The van der Waals surface area contributed by atoms with E-state index in [9.17, 15) is 17.3 Å². The van der Waals surface area contributed by atoms with Crippen molar-refractivity contribution < 1.29 is 17.3 Å². The fourth-order valence-electron chi connectivity index (χ4n) is 0.794. The molecule has 1 rings (SSSR count). The van der Waals surface area contributed by atoms with Gasteiger partial charge in [-0.25, -0.2) is 4.39 Å². The van der Waals surface area contributed by atoms with Gasteiger partial charge in [-0.15, -0.1) is 0 Å². The first-order valence-electron chi connectivity index (χ1n) is 3.17. The van der Waals surface area contributed by atoms with Crippen LogP contribution >= 0.6 is 23.2 Å². The van der Waals surface area contributed by atoms with Crippen LogP contribution in [-0.4, -0.2) is 6.98 Å². The summed E-state index contributed by atoms with van der Waals surface area (Å²) < 4.78 is 49.1. The first-order valence-corrected chi connectivity index (χ1v) is 3.93. The van der Waals surface area contributed by atoms with Crippen LogP contribution in [0.1, 0.15) is 0 Å². The normalized spacial score (nSPS) is 11.8. The largest absolute Gasteiger partial charge is 0.512 e. The Morgan fingerprint density at radius 3 is 2.08 bits per heavy atom. The van der Waals surface area contributed by atoms with Crippen LogP contribution in [0.15, 0.2) is 12.1 Å². The zero-order chi connectivity index (χ0) is 10.2. The van der Waals surface area contributed by atoms with Crippen LogP contribution in [0.4, 0.5) is 17.3 Å². The molecule has 13 heavy (non-hydrogen) atoms. The Morgan fingerprint density at radius 2 is 1.62 bits per heavy atom. The molecule has 0 saturated heterocycles. The van der Waals surface area contributed by atoms with Crippen molar-refractivity contribution >= 4 is 35.6 Å². The summed E-state index contributed by atoms with van der Waals surface area (Å²) in [6, 6.07) is 1.49. The molecule has 0 atom stereocenters. The van der Waals surface area contributed by atoms with Crippen molar-refractivity contribution in [3.63, 3.8) is 0 Å². The van der Waals surface area contributed by atoms with Crippen LogP contribution in [-0.2, 0) is 0 Å². The lowest BCUT2D eigenvalue weighted by molar-refractivity contribution is 0.494. The van der Waals surface area contributed by atoms with Crippen molar-refractivity contribution in [2.45, 2.75) is 0 Å². The highest BCUT2D eigenvalue weighted by Crippen LogP contribution is 2.25. The summed E-state index contributed by atoms with van der Waals surface area (Å²) in [6.45, 7) is -5.38. The van der Waals surface area contributed by atoms with Crippen molar-refractivity contribution in [1.82, 2.24) is 0 Å². The molecule has 0 amide bonds. The Kier molecular flexibility index (Phi) is 2.78. The van der Waals surface area contributed by atoms with Gasteiger partial charge >= 0.3 is 6.98 Å². The Balaban J connectivity index is 3.35. The van der Waals surface area contributed by atoms with Crippen LogP contribution in [0.2, 0.25) is 10.0 Å². The topological polar surface area (TPSA) is 0 Å². The third-order valence-electron chi connectivity index (χ3n) is 1.42. The summed E-state index contributed by atoms with van der Waals surface area (Å²) in [5, 5.41) is -0.929. The van der Waals surface area contributed by atoms with Gasteiger partial charge in [-0.05, 0) is 6.07 Å². The van der Waals surface area contributed by atoms with Crippen LogP contribution in [0, 0.1) is 5.82 Å².